The van der Waals surface area contributed by atoms with Gasteiger partial charge in [0.05, 0.1) is 0 Å². The van der Waals surface area contributed by atoms with Crippen molar-refractivity contribution in [3.63, 3.8) is 0 Å². The van der Waals surface area contributed by atoms with Crippen LogP contribution in [0.5, 0.6) is 0 Å². The van der Waals surface area contributed by atoms with Gasteiger partial charge in [0.25, 0.3) is 5.91 Å². The van der Waals surface area contributed by atoms with E-state index in [9.17, 15) is 4.79 Å². The van der Waals surface area contributed by atoms with E-state index in [2.05, 4.69) is 67.7 Å². The number of hydrogen-bond donors (Lipinski definition) is 3. The van der Waals surface area contributed by atoms with Crippen molar-refractivity contribution >= 4 is 22.6 Å². The van der Waals surface area contributed by atoms with Gasteiger partial charge in [0.15, 0.2) is 0 Å². The first kappa shape index (κ1) is 19.4. The van der Waals surface area contributed by atoms with E-state index in [4.69, 9.17) is 0 Å². The van der Waals surface area contributed by atoms with Crippen molar-refractivity contribution in [2.45, 2.75) is 39.3 Å². The van der Waals surface area contributed by atoms with Crippen LogP contribution in [0, 0.1) is 13.8 Å². The summed E-state index contributed by atoms with van der Waals surface area (Å²) in [5.74, 6) is 0.836. The predicted octanol–water partition coefficient (Wildman–Crippen LogP) is 2.86. The number of aromatic nitrogens is 3. The molecule has 4 rings (SSSR count). The van der Waals surface area contributed by atoms with Crippen LogP contribution in [-0.2, 0) is 0 Å². The van der Waals surface area contributed by atoms with Crippen LogP contribution in [0.25, 0.3) is 10.9 Å². The van der Waals surface area contributed by atoms with Crippen LogP contribution < -0.4 is 15.5 Å². The fraction of sp³-hybridized carbons (Fsp3) is 0.409. The summed E-state index contributed by atoms with van der Waals surface area (Å²) >= 11 is 0. The van der Waals surface area contributed by atoms with E-state index >= 15 is 0 Å². The average Bonchev–Trinajstić information content (AvgIpc) is 3.36. The van der Waals surface area contributed by atoms with Crippen LogP contribution in [-0.4, -0.2) is 47.0 Å². The number of hydrogen-bond acceptors (Lipinski definition) is 5. The molecule has 3 aromatic rings. The summed E-state index contributed by atoms with van der Waals surface area (Å²) in [6.07, 6.45) is 1.03. The topological polar surface area (TPSA) is 85.9 Å². The number of aryl methyl sites for hydroxylation is 1. The van der Waals surface area contributed by atoms with Gasteiger partial charge in [-0.2, -0.15) is 0 Å². The fourth-order valence-corrected chi connectivity index (χ4v) is 4.00. The number of para-hydroxylation sites is 1. The molecule has 1 aliphatic rings. The lowest BCUT2D eigenvalue weighted by molar-refractivity contribution is 0.0952. The number of carbonyl (C=O) groups is 1. The molecule has 0 saturated carbocycles. The average molecular weight is 393 g/mol. The number of H-pyrrole nitrogens is 1. The van der Waals surface area contributed by atoms with Crippen molar-refractivity contribution < 1.29 is 4.79 Å². The molecule has 1 aromatic carbocycles. The number of rotatable bonds is 5. The minimum absolute atomic E-state index is 0.224. The molecule has 1 fully saturated rings. The smallest absolute Gasteiger partial charge is 0.288 e. The van der Waals surface area contributed by atoms with Crippen LogP contribution in [0.4, 0.5) is 5.82 Å². The minimum atomic E-state index is -0.254. The Balaban J connectivity index is 1.47. The van der Waals surface area contributed by atoms with E-state index in [1.54, 1.807) is 7.05 Å². The highest BCUT2D eigenvalue weighted by Crippen LogP contribution is 2.26. The summed E-state index contributed by atoms with van der Waals surface area (Å²) in [5, 5.41) is 7.59. The lowest BCUT2D eigenvalue weighted by atomic mass is 10.1. The molecule has 1 unspecified atom stereocenters. The number of nitrogens with one attached hydrogen (secondary N) is 3. The first-order valence-corrected chi connectivity index (χ1v) is 10.1. The first-order chi connectivity index (χ1) is 14.0. The summed E-state index contributed by atoms with van der Waals surface area (Å²) in [4.78, 5) is 26.7. The number of fused-ring (bicyclic) bond motifs is 1. The number of amides is 1. The molecule has 7 heteroatoms. The quantitative estimate of drug-likeness (QED) is 0.622. The molecule has 3 N–H and O–H groups in total. The van der Waals surface area contributed by atoms with E-state index in [0.29, 0.717) is 6.04 Å². The van der Waals surface area contributed by atoms with Gasteiger partial charge in [-0.3, -0.25) is 4.79 Å². The Kier molecular flexibility index (Phi) is 5.24. The van der Waals surface area contributed by atoms with Crippen LogP contribution in [0.15, 0.2) is 30.3 Å². The predicted molar refractivity (Wildman–Crippen MR) is 115 cm³/mol. The van der Waals surface area contributed by atoms with E-state index in [-0.39, 0.29) is 17.8 Å². The Labute approximate surface area is 170 Å². The normalized spacial score (nSPS) is 17.7. The molecule has 1 amide bonds. The second-order valence-electron chi connectivity index (χ2n) is 7.79. The van der Waals surface area contributed by atoms with Gasteiger partial charge in [0, 0.05) is 54.7 Å². The summed E-state index contributed by atoms with van der Waals surface area (Å²) in [6, 6.07) is 11.1. The van der Waals surface area contributed by atoms with E-state index < -0.39 is 0 Å². The Hall–Kier alpha value is -2.93. The zero-order valence-corrected chi connectivity index (χ0v) is 17.4. The molecule has 0 radical (unpaired) electrons. The highest BCUT2D eigenvalue weighted by atomic mass is 16.2. The van der Waals surface area contributed by atoms with Gasteiger partial charge in [-0.15, -0.1) is 0 Å². The summed E-state index contributed by atoms with van der Waals surface area (Å²) < 4.78 is 0. The van der Waals surface area contributed by atoms with Gasteiger partial charge in [-0.05, 0) is 44.7 Å². The Morgan fingerprint density at radius 2 is 2.07 bits per heavy atom. The molecule has 29 heavy (non-hydrogen) atoms. The minimum Gasteiger partial charge on any atom is -0.357 e. The maximum Gasteiger partial charge on any atom is 0.288 e. The SMILES string of the molecule is CNC(=O)c1nc(C)c(C)c(N2CC[C@@H](NC(C)c3cc4ccccc4[nH]3)C2)n1. The van der Waals surface area contributed by atoms with Crippen molar-refractivity contribution in [2.75, 3.05) is 25.0 Å². The van der Waals surface area contributed by atoms with E-state index in [1.807, 2.05) is 13.8 Å². The standard InChI is InChI=1S/C22H28N6O/c1-13-14(2)25-20(22(29)23-4)27-21(13)28-10-9-17(12-28)24-15(3)19-11-16-7-5-6-8-18(16)26-19/h5-8,11,15,17,24,26H,9-10,12H2,1-4H3,(H,23,29)/t15?,17-/m1/s1. The van der Waals surface area contributed by atoms with E-state index in [0.717, 1.165) is 42.1 Å². The monoisotopic (exact) mass is 392 g/mol. The van der Waals surface area contributed by atoms with Crippen LogP contribution in [0.2, 0.25) is 0 Å². The molecule has 2 atom stereocenters. The molecule has 0 spiro atoms. The van der Waals surface area contributed by atoms with Crippen molar-refractivity contribution in [1.82, 2.24) is 25.6 Å². The second-order valence-corrected chi connectivity index (χ2v) is 7.79. The maximum absolute atomic E-state index is 12.0. The molecule has 2 aromatic heterocycles. The van der Waals surface area contributed by atoms with Crippen molar-refractivity contribution in [3.8, 4) is 0 Å². The van der Waals surface area contributed by atoms with E-state index in [1.165, 1.54) is 11.1 Å². The van der Waals surface area contributed by atoms with Crippen LogP contribution >= 0.6 is 0 Å². The molecule has 152 valence electrons. The lowest BCUT2D eigenvalue weighted by Crippen LogP contribution is -2.35. The molecule has 0 aliphatic carbocycles. The van der Waals surface area contributed by atoms with Crippen molar-refractivity contribution in [3.05, 3.63) is 53.1 Å². The third-order valence-corrected chi connectivity index (χ3v) is 5.78. The highest BCUT2D eigenvalue weighted by Gasteiger charge is 2.27. The number of nitrogens with zero attached hydrogens (tertiary/aromatic N) is 3. The largest absolute Gasteiger partial charge is 0.357 e. The highest BCUT2D eigenvalue weighted by molar-refractivity contribution is 5.90. The third-order valence-electron chi connectivity index (χ3n) is 5.78. The van der Waals surface area contributed by atoms with Gasteiger partial charge in [0.2, 0.25) is 5.82 Å². The number of carbonyl (C=O) groups excluding carboxylic acids is 1. The Bertz CT molecular complexity index is 1010. The van der Waals surface area contributed by atoms with Crippen molar-refractivity contribution in [2.24, 2.45) is 0 Å². The zero-order valence-electron chi connectivity index (χ0n) is 17.4. The van der Waals surface area contributed by atoms with Crippen LogP contribution in [0.1, 0.15) is 47.0 Å². The van der Waals surface area contributed by atoms with Gasteiger partial charge in [0.1, 0.15) is 5.82 Å². The van der Waals surface area contributed by atoms with Gasteiger partial charge in [-0.25, -0.2) is 9.97 Å². The maximum atomic E-state index is 12.0. The summed E-state index contributed by atoms with van der Waals surface area (Å²) in [6.45, 7) is 7.90. The molecule has 1 aliphatic heterocycles. The number of anilines is 1. The Morgan fingerprint density at radius 3 is 2.83 bits per heavy atom. The van der Waals surface area contributed by atoms with Gasteiger partial charge >= 0.3 is 0 Å². The summed E-state index contributed by atoms with van der Waals surface area (Å²) in [5.41, 5.74) is 4.23. The molecular weight excluding hydrogens is 364 g/mol. The van der Waals surface area contributed by atoms with Crippen molar-refractivity contribution in [1.29, 1.82) is 0 Å². The van der Waals surface area contributed by atoms with Gasteiger partial charge in [-0.1, -0.05) is 18.2 Å². The number of benzene rings is 1. The second kappa shape index (κ2) is 7.83. The molecular formula is C22H28N6O. The zero-order chi connectivity index (χ0) is 20.5. The number of aromatic amines is 1. The molecule has 1 saturated heterocycles. The molecule has 3 heterocycles. The summed E-state index contributed by atoms with van der Waals surface area (Å²) in [7, 11) is 1.60. The molecule has 0 bridgehead atoms. The first-order valence-electron chi connectivity index (χ1n) is 10.1. The lowest BCUT2D eigenvalue weighted by Gasteiger charge is -2.22. The third kappa shape index (κ3) is 3.82. The Morgan fingerprint density at radius 1 is 1.28 bits per heavy atom. The van der Waals surface area contributed by atoms with Crippen LogP contribution in [0.3, 0.4) is 0 Å². The molecule has 7 nitrogen and oxygen atoms in total. The fourth-order valence-electron chi connectivity index (χ4n) is 4.00. The van der Waals surface area contributed by atoms with Gasteiger partial charge < -0.3 is 20.5 Å².